The summed E-state index contributed by atoms with van der Waals surface area (Å²) in [5.41, 5.74) is 0.620. The third-order valence-electron chi connectivity index (χ3n) is 6.76. The van der Waals surface area contributed by atoms with E-state index in [4.69, 9.17) is 28.4 Å². The first-order valence-electron chi connectivity index (χ1n) is 10.6. The first-order valence-corrected chi connectivity index (χ1v) is 10.6. The number of fused-ring (bicyclic) bond motifs is 4. The van der Waals surface area contributed by atoms with E-state index in [1.807, 2.05) is 0 Å². The van der Waals surface area contributed by atoms with Gasteiger partial charge in [-0.3, -0.25) is 0 Å². The lowest BCUT2D eigenvalue weighted by atomic mass is 9.65. The number of rotatable bonds is 5. The van der Waals surface area contributed by atoms with Crippen molar-refractivity contribution in [2.75, 3.05) is 20.8 Å². The number of hydrogen-bond donors (Lipinski definition) is 4. The van der Waals surface area contributed by atoms with E-state index in [-0.39, 0.29) is 11.5 Å². The number of carbonyl (C=O) groups is 2. The summed E-state index contributed by atoms with van der Waals surface area (Å²) in [6, 6.07) is 0. The van der Waals surface area contributed by atoms with Gasteiger partial charge < -0.3 is 48.8 Å². The lowest BCUT2D eigenvalue weighted by molar-refractivity contribution is -0.347. The summed E-state index contributed by atoms with van der Waals surface area (Å²) in [5.74, 6) is -2.36. The van der Waals surface area contributed by atoms with Crippen molar-refractivity contribution < 1.29 is 58.4 Å². The second-order valence-corrected chi connectivity index (χ2v) is 8.49. The average molecular weight is 472 g/mol. The van der Waals surface area contributed by atoms with Crippen LogP contribution in [0.25, 0.3) is 0 Å². The molecular formula is C21H28O12. The number of ether oxygens (including phenoxy) is 6. The molecule has 0 aromatic carbocycles. The summed E-state index contributed by atoms with van der Waals surface area (Å²) in [4.78, 5) is 24.6. The van der Waals surface area contributed by atoms with Crippen LogP contribution in [0, 0.1) is 17.8 Å². The maximum absolute atomic E-state index is 12.4. The van der Waals surface area contributed by atoms with Crippen LogP contribution < -0.4 is 0 Å². The van der Waals surface area contributed by atoms with Gasteiger partial charge in [0.25, 0.3) is 0 Å². The molecule has 10 atom stereocenters. The molecule has 4 rings (SSSR count). The van der Waals surface area contributed by atoms with E-state index in [0.29, 0.717) is 18.4 Å². The van der Waals surface area contributed by atoms with Crippen LogP contribution in [0.3, 0.4) is 0 Å². The number of hydrogen-bond acceptors (Lipinski definition) is 12. The zero-order valence-electron chi connectivity index (χ0n) is 18.1. The molecule has 3 aliphatic heterocycles. The average Bonchev–Trinajstić information content (AvgIpc) is 2.83. The molecule has 4 N–H and O–H groups in total. The van der Waals surface area contributed by atoms with Gasteiger partial charge in [-0.05, 0) is 18.8 Å². The summed E-state index contributed by atoms with van der Waals surface area (Å²) >= 11 is 0. The Morgan fingerprint density at radius 1 is 0.939 bits per heavy atom. The molecule has 4 aliphatic rings. The van der Waals surface area contributed by atoms with Gasteiger partial charge in [0.1, 0.15) is 30.5 Å². The van der Waals surface area contributed by atoms with Gasteiger partial charge in [0.15, 0.2) is 6.29 Å². The quantitative estimate of drug-likeness (QED) is 0.335. The normalized spacial score (nSPS) is 42.0. The largest absolute Gasteiger partial charge is 0.497 e. The van der Waals surface area contributed by atoms with Crippen LogP contribution in [0.15, 0.2) is 23.7 Å². The van der Waals surface area contributed by atoms with Gasteiger partial charge >= 0.3 is 11.9 Å². The molecule has 0 unspecified atom stereocenters. The van der Waals surface area contributed by atoms with Crippen molar-refractivity contribution in [2.45, 2.75) is 55.9 Å². The van der Waals surface area contributed by atoms with Crippen molar-refractivity contribution in [3.8, 4) is 0 Å². The van der Waals surface area contributed by atoms with Crippen LogP contribution in [-0.4, -0.2) is 96.3 Å². The Balaban J connectivity index is 1.61. The van der Waals surface area contributed by atoms with Crippen LogP contribution in [0.5, 0.6) is 0 Å². The molecule has 1 saturated carbocycles. The number of esters is 2. The fourth-order valence-corrected chi connectivity index (χ4v) is 5.02. The minimum absolute atomic E-state index is 0.225. The summed E-state index contributed by atoms with van der Waals surface area (Å²) < 4.78 is 32.5. The van der Waals surface area contributed by atoms with E-state index in [9.17, 15) is 30.0 Å². The van der Waals surface area contributed by atoms with Crippen molar-refractivity contribution in [3.05, 3.63) is 23.7 Å². The van der Waals surface area contributed by atoms with Crippen molar-refractivity contribution in [1.82, 2.24) is 0 Å². The highest BCUT2D eigenvalue weighted by Crippen LogP contribution is 2.49. The summed E-state index contributed by atoms with van der Waals surface area (Å²) in [6.45, 7) is -0.608. The molecule has 12 heteroatoms. The lowest BCUT2D eigenvalue weighted by Crippen LogP contribution is -2.61. The first kappa shape index (κ1) is 23.9. The van der Waals surface area contributed by atoms with Gasteiger partial charge in [-0.15, -0.1) is 0 Å². The minimum Gasteiger partial charge on any atom is -0.497 e. The fraction of sp³-hybridized carbons (Fsp3) is 0.714. The van der Waals surface area contributed by atoms with E-state index >= 15 is 0 Å². The molecule has 0 amide bonds. The molecule has 2 bridgehead atoms. The van der Waals surface area contributed by atoms with Crippen LogP contribution in [0.2, 0.25) is 0 Å². The molecule has 1 saturated heterocycles. The highest BCUT2D eigenvalue weighted by atomic mass is 16.8. The van der Waals surface area contributed by atoms with Gasteiger partial charge in [-0.25, -0.2) is 9.59 Å². The zero-order valence-corrected chi connectivity index (χ0v) is 18.1. The van der Waals surface area contributed by atoms with Crippen LogP contribution >= 0.6 is 0 Å². The van der Waals surface area contributed by atoms with Gasteiger partial charge in [-0.1, -0.05) is 0 Å². The van der Waals surface area contributed by atoms with Crippen LogP contribution in [0.4, 0.5) is 0 Å². The maximum Gasteiger partial charge on any atom is 0.337 e. The second kappa shape index (κ2) is 9.57. The molecule has 0 aromatic heterocycles. The first-order chi connectivity index (χ1) is 15.8. The highest BCUT2D eigenvalue weighted by molar-refractivity contribution is 5.90. The van der Waals surface area contributed by atoms with Crippen molar-refractivity contribution >= 4 is 11.9 Å². The Hall–Kier alpha value is -2.22. The number of aliphatic hydroxyl groups is 4. The van der Waals surface area contributed by atoms with E-state index in [0.717, 1.165) is 0 Å². The summed E-state index contributed by atoms with van der Waals surface area (Å²) in [5, 5.41) is 39.8. The van der Waals surface area contributed by atoms with E-state index in [2.05, 4.69) is 0 Å². The number of aliphatic hydroxyl groups excluding tert-OH is 4. The Bertz CT molecular complexity index is 822. The van der Waals surface area contributed by atoms with Gasteiger partial charge in [-0.2, -0.15) is 0 Å². The third-order valence-corrected chi connectivity index (χ3v) is 6.76. The summed E-state index contributed by atoms with van der Waals surface area (Å²) in [6.07, 6.45) is -5.53. The van der Waals surface area contributed by atoms with Crippen molar-refractivity contribution in [1.29, 1.82) is 0 Å². The van der Waals surface area contributed by atoms with Gasteiger partial charge in [0.05, 0.1) is 50.4 Å². The fourth-order valence-electron chi connectivity index (χ4n) is 5.02. The van der Waals surface area contributed by atoms with E-state index in [1.165, 1.54) is 26.7 Å². The topological polar surface area (TPSA) is 170 Å². The number of methoxy groups -OCH3 is 2. The molecule has 0 aromatic rings. The Kier molecular flexibility index (Phi) is 6.93. The standard InChI is InChI=1S/C21H28O12/c1-28-18(26)10-6-30-12-4-8(10)3-9-11(19(27)29-2)7-31-20(14(9)12)33-21-17(25)16(24)15(23)13(5-22)32-21/h6-9,12-17,20-25H,3-5H2,1-2H3/t8-,9-,12-,13-,14+,15-,16+,17-,20+,21+/m1/s1. The van der Waals surface area contributed by atoms with E-state index < -0.39 is 73.5 Å². The van der Waals surface area contributed by atoms with Crippen LogP contribution in [-0.2, 0) is 38.0 Å². The molecule has 184 valence electrons. The van der Waals surface area contributed by atoms with Crippen LogP contribution in [0.1, 0.15) is 12.8 Å². The predicted molar refractivity (Wildman–Crippen MR) is 105 cm³/mol. The van der Waals surface area contributed by atoms with E-state index in [1.54, 1.807) is 0 Å². The Morgan fingerprint density at radius 2 is 1.61 bits per heavy atom. The number of carbonyl (C=O) groups excluding carboxylic acids is 2. The lowest BCUT2D eigenvalue weighted by Gasteiger charge is -2.49. The zero-order chi connectivity index (χ0) is 23.9. The predicted octanol–water partition coefficient (Wildman–Crippen LogP) is -1.69. The smallest absolute Gasteiger partial charge is 0.337 e. The molecule has 0 radical (unpaired) electrons. The molecule has 12 nitrogen and oxygen atoms in total. The van der Waals surface area contributed by atoms with Gasteiger partial charge in [0.2, 0.25) is 6.29 Å². The highest BCUT2D eigenvalue weighted by Gasteiger charge is 2.54. The third kappa shape index (κ3) is 4.22. The molecular weight excluding hydrogens is 444 g/mol. The SMILES string of the molecule is COC(=O)C1=CO[C@@H]2C[C@H]1C[C@@H]1C(C(=O)OC)=CO[C@@H](O[C@@H]3O[C@H](CO)[C@@H](O)[C@H](O)[C@H]3O)[C@@H]12. The minimum atomic E-state index is -1.62. The summed E-state index contributed by atoms with van der Waals surface area (Å²) in [7, 11) is 2.52. The molecule has 33 heavy (non-hydrogen) atoms. The molecule has 2 fully saturated rings. The monoisotopic (exact) mass is 472 g/mol. The Morgan fingerprint density at radius 3 is 2.27 bits per heavy atom. The van der Waals surface area contributed by atoms with Gasteiger partial charge in [0, 0.05) is 5.92 Å². The van der Waals surface area contributed by atoms with Crippen molar-refractivity contribution in [2.24, 2.45) is 17.8 Å². The maximum atomic E-state index is 12.4. The Labute approximate surface area is 189 Å². The second-order valence-electron chi connectivity index (χ2n) is 8.49. The van der Waals surface area contributed by atoms with Crippen molar-refractivity contribution in [3.63, 3.8) is 0 Å². The molecule has 1 aliphatic carbocycles. The molecule has 3 heterocycles. The molecule has 0 spiro atoms.